The molecule has 3 fully saturated rings. The summed E-state index contributed by atoms with van der Waals surface area (Å²) in [6.45, 7) is 13.0. The zero-order valence-electron chi connectivity index (χ0n) is 28.6. The normalized spacial score (nSPS) is 43.7. The quantitative estimate of drug-likeness (QED) is 0.167. The van der Waals surface area contributed by atoms with Crippen molar-refractivity contribution in [3.05, 3.63) is 11.6 Å². The van der Waals surface area contributed by atoms with Crippen LogP contribution in [0.2, 0.25) is 0 Å². The van der Waals surface area contributed by atoms with Crippen molar-refractivity contribution in [1.29, 1.82) is 0 Å². The van der Waals surface area contributed by atoms with Crippen LogP contribution in [0.25, 0.3) is 0 Å². The van der Waals surface area contributed by atoms with E-state index in [9.17, 15) is 35.1 Å². The maximum atomic E-state index is 13.5. The second-order valence-electron chi connectivity index (χ2n) is 15.8. The lowest BCUT2D eigenvalue weighted by atomic mass is 9.64. The number of fused-ring (bicyclic) bond motifs is 2. The summed E-state index contributed by atoms with van der Waals surface area (Å²) in [6.07, 6.45) is 5.94. The van der Waals surface area contributed by atoms with Gasteiger partial charge in [0, 0.05) is 43.3 Å². The van der Waals surface area contributed by atoms with E-state index in [0.717, 1.165) is 31.3 Å². The highest BCUT2D eigenvalue weighted by Gasteiger charge is 2.56. The maximum absolute atomic E-state index is 13.5. The lowest BCUT2D eigenvalue weighted by Gasteiger charge is -2.48. The van der Waals surface area contributed by atoms with E-state index >= 15 is 0 Å². The fourth-order valence-electron chi connectivity index (χ4n) is 9.76. The van der Waals surface area contributed by atoms with Crippen LogP contribution in [-0.4, -0.2) is 80.7 Å². The Balaban J connectivity index is 1.47. The van der Waals surface area contributed by atoms with E-state index in [0.29, 0.717) is 25.7 Å². The average molecular weight is 637 g/mol. The van der Waals surface area contributed by atoms with E-state index in [-0.39, 0.29) is 72.4 Å². The molecule has 1 saturated heterocycles. The number of carbonyl (C=O) groups is 2. The lowest BCUT2D eigenvalue weighted by Crippen LogP contribution is -2.58. The molecule has 9 heteroatoms. The summed E-state index contributed by atoms with van der Waals surface area (Å²) in [6, 6.07) is 0. The lowest BCUT2D eigenvalue weighted by molar-refractivity contribution is -0.318. The second kappa shape index (κ2) is 14.0. The monoisotopic (exact) mass is 636 g/mol. The largest absolute Gasteiger partial charge is 0.465 e. The first-order valence-corrected chi connectivity index (χ1v) is 17.5. The number of aliphatic hydroxyl groups is 5. The molecule has 7 unspecified atom stereocenters. The Morgan fingerprint density at radius 3 is 2.44 bits per heavy atom. The molecule has 0 radical (unpaired) electrons. The van der Waals surface area contributed by atoms with E-state index in [1.165, 1.54) is 0 Å². The number of esters is 1. The summed E-state index contributed by atoms with van der Waals surface area (Å²) in [5.74, 6) is -4.84. The molecule has 3 aliphatic carbocycles. The Labute approximate surface area is 269 Å². The van der Waals surface area contributed by atoms with Gasteiger partial charge in [0.25, 0.3) is 0 Å². The zero-order valence-corrected chi connectivity index (χ0v) is 28.6. The highest BCUT2D eigenvalue weighted by atomic mass is 16.6. The predicted molar refractivity (Wildman–Crippen MR) is 169 cm³/mol. The van der Waals surface area contributed by atoms with Crippen molar-refractivity contribution >= 4 is 11.8 Å². The Kier molecular flexibility index (Phi) is 11.4. The molecule has 258 valence electrons. The molecule has 1 heterocycles. The topological polar surface area (TPSA) is 154 Å². The van der Waals surface area contributed by atoms with Crippen molar-refractivity contribution in [3.8, 4) is 0 Å². The number of Topliss-reactive ketones (excluding diaryl/α,β-unsaturated/α-hetero) is 1. The number of aliphatic hydroxyl groups excluding tert-OH is 3. The van der Waals surface area contributed by atoms with E-state index in [1.54, 1.807) is 13.8 Å². The van der Waals surface area contributed by atoms with Gasteiger partial charge in [0.1, 0.15) is 11.7 Å². The summed E-state index contributed by atoms with van der Waals surface area (Å²) in [5, 5.41) is 54.7. The molecule has 2 saturated carbocycles. The van der Waals surface area contributed by atoms with Gasteiger partial charge in [-0.15, -0.1) is 0 Å². The minimum Gasteiger partial charge on any atom is -0.465 e. The van der Waals surface area contributed by atoms with E-state index in [1.807, 2.05) is 27.7 Å². The van der Waals surface area contributed by atoms with Crippen LogP contribution in [0.4, 0.5) is 0 Å². The molecule has 0 aromatic heterocycles. The first-order chi connectivity index (χ1) is 21.0. The van der Waals surface area contributed by atoms with Gasteiger partial charge in [-0.05, 0) is 87.9 Å². The van der Waals surface area contributed by atoms with Crippen LogP contribution >= 0.6 is 0 Å². The fourth-order valence-corrected chi connectivity index (χ4v) is 9.76. The highest BCUT2D eigenvalue weighted by Crippen LogP contribution is 2.59. The molecule has 5 N–H and O–H groups in total. The van der Waals surface area contributed by atoms with Crippen molar-refractivity contribution in [2.24, 2.45) is 58.7 Å². The molecule has 0 bridgehead atoms. The van der Waals surface area contributed by atoms with Gasteiger partial charge in [-0.25, -0.2) is 0 Å². The highest BCUT2D eigenvalue weighted by molar-refractivity contribution is 5.81. The first kappa shape index (κ1) is 36.5. The molecule has 4 aliphatic rings. The number of allylic oxidation sites excluding steroid dienone is 1. The smallest absolute Gasteiger partial charge is 0.314 e. The van der Waals surface area contributed by atoms with Crippen LogP contribution in [0, 0.1) is 58.7 Å². The Hall–Kier alpha value is -1.36. The van der Waals surface area contributed by atoms with Gasteiger partial charge in [0.05, 0.1) is 24.4 Å². The van der Waals surface area contributed by atoms with Gasteiger partial charge >= 0.3 is 5.97 Å². The molecule has 0 amide bonds. The van der Waals surface area contributed by atoms with Crippen molar-refractivity contribution in [2.75, 3.05) is 19.8 Å². The standard InChI is InChI=1S/C36H60O9/c1-8-9-29(39)22(4)32-20(2)14-21(3)36(43,45-32)23(5)33(41)44-19-25(18-38)26-10-12-34(6)16-27-24(17-37)15-30(40)31(27)35(7,42)13-11-28(26)34/h11,20-27,30-32,37-38,40,42-43H,8-10,12-19H2,1-7H3/t20?,21?,22?,23?,24-,25?,26+,27+,30+,31-,32?,34+,35-,36?/m0/s1. The number of ketones is 1. The van der Waals surface area contributed by atoms with E-state index < -0.39 is 41.4 Å². The van der Waals surface area contributed by atoms with Crippen LogP contribution in [0.5, 0.6) is 0 Å². The summed E-state index contributed by atoms with van der Waals surface area (Å²) in [5.41, 5.74) is -0.204. The summed E-state index contributed by atoms with van der Waals surface area (Å²) in [4.78, 5) is 26.2. The minimum absolute atomic E-state index is 0.0200. The van der Waals surface area contributed by atoms with Crippen LogP contribution in [0.3, 0.4) is 0 Å². The third-order valence-electron chi connectivity index (χ3n) is 12.5. The Bertz CT molecular complexity index is 1090. The second-order valence-corrected chi connectivity index (χ2v) is 15.8. The van der Waals surface area contributed by atoms with Gasteiger partial charge in [0.2, 0.25) is 0 Å². The Morgan fingerprint density at radius 2 is 1.82 bits per heavy atom. The molecule has 4 rings (SSSR count). The van der Waals surface area contributed by atoms with E-state index in [2.05, 4.69) is 13.0 Å². The Morgan fingerprint density at radius 1 is 1.13 bits per heavy atom. The van der Waals surface area contributed by atoms with Crippen LogP contribution in [-0.2, 0) is 19.1 Å². The van der Waals surface area contributed by atoms with Gasteiger partial charge in [0.15, 0.2) is 5.79 Å². The molecule has 14 atom stereocenters. The van der Waals surface area contributed by atoms with Crippen molar-refractivity contribution in [3.63, 3.8) is 0 Å². The SMILES string of the molecule is CCCC(=O)C(C)C1OC(O)(C(C)C(=O)OCC(CO)[C@H]2CC[C@]3(C)C[C@@H]4[C@H](CO)C[C@@H](O)[C@H]4[C@@](C)(O)CC=C23)C(C)CC1C. The van der Waals surface area contributed by atoms with E-state index in [4.69, 9.17) is 9.47 Å². The van der Waals surface area contributed by atoms with Crippen LogP contribution in [0.15, 0.2) is 11.6 Å². The van der Waals surface area contributed by atoms with Crippen molar-refractivity contribution < 1.29 is 44.6 Å². The van der Waals surface area contributed by atoms with Crippen molar-refractivity contribution in [1.82, 2.24) is 0 Å². The third-order valence-corrected chi connectivity index (χ3v) is 12.5. The molecule has 45 heavy (non-hydrogen) atoms. The fraction of sp³-hybridized carbons (Fsp3) is 0.889. The molecule has 0 aromatic rings. The summed E-state index contributed by atoms with van der Waals surface area (Å²) < 4.78 is 12.1. The minimum atomic E-state index is -1.78. The molecule has 0 aromatic carbocycles. The maximum Gasteiger partial charge on any atom is 0.314 e. The summed E-state index contributed by atoms with van der Waals surface area (Å²) >= 11 is 0. The molecular formula is C36H60O9. The van der Waals surface area contributed by atoms with Crippen molar-refractivity contribution in [2.45, 2.75) is 123 Å². The average Bonchev–Trinajstić information content (AvgIpc) is 3.47. The number of hydrogen-bond donors (Lipinski definition) is 5. The predicted octanol–water partition coefficient (Wildman–Crippen LogP) is 4.02. The van der Waals surface area contributed by atoms with Gasteiger partial charge in [-0.2, -0.15) is 0 Å². The molecule has 9 nitrogen and oxygen atoms in total. The number of ether oxygens (including phenoxy) is 2. The number of hydrogen-bond acceptors (Lipinski definition) is 9. The molecular weight excluding hydrogens is 576 g/mol. The molecule has 0 spiro atoms. The number of carbonyl (C=O) groups excluding carboxylic acids is 2. The molecule has 1 aliphatic heterocycles. The van der Waals surface area contributed by atoms with Gasteiger partial charge in [-0.1, -0.05) is 46.3 Å². The first-order valence-electron chi connectivity index (χ1n) is 17.5. The summed E-state index contributed by atoms with van der Waals surface area (Å²) in [7, 11) is 0. The number of rotatable bonds is 11. The zero-order chi connectivity index (χ0) is 33.5. The van der Waals surface area contributed by atoms with Gasteiger partial charge in [-0.3, -0.25) is 9.59 Å². The van der Waals surface area contributed by atoms with Crippen LogP contribution in [0.1, 0.15) is 99.8 Å². The van der Waals surface area contributed by atoms with Crippen LogP contribution < -0.4 is 0 Å². The van der Waals surface area contributed by atoms with Gasteiger partial charge < -0.3 is 35.0 Å². The third kappa shape index (κ3) is 6.95.